The van der Waals surface area contributed by atoms with Crippen LogP contribution in [0, 0.1) is 5.92 Å². The van der Waals surface area contributed by atoms with Crippen LogP contribution in [0.3, 0.4) is 0 Å². The fourth-order valence-corrected chi connectivity index (χ4v) is 2.08. The Kier molecular flexibility index (Phi) is 5.97. The molecule has 1 amide bonds. The van der Waals surface area contributed by atoms with Crippen LogP contribution >= 0.6 is 0 Å². The minimum atomic E-state index is -0.830. The van der Waals surface area contributed by atoms with Crippen molar-refractivity contribution in [3.8, 4) is 0 Å². The number of hydrogen-bond acceptors (Lipinski definition) is 3. The molecule has 1 rings (SSSR count). The molecular weight excluding hydrogens is 220 g/mol. The third kappa shape index (κ3) is 4.73. The highest BCUT2D eigenvalue weighted by molar-refractivity contribution is 5.82. The standard InChI is InChI=1S/C12H22N2O3/c1-2-5-9(12(16)17)8-14-11(15)10-6-3-4-7-13-10/h9-10,13H,2-8H2,1H3,(H,14,15)(H,16,17)/t9?,10-/m0/s1. The van der Waals surface area contributed by atoms with Gasteiger partial charge in [0, 0.05) is 6.54 Å². The Balaban J connectivity index is 2.32. The molecule has 1 aliphatic heterocycles. The lowest BCUT2D eigenvalue weighted by atomic mass is 10.0. The van der Waals surface area contributed by atoms with Crippen molar-refractivity contribution in [1.82, 2.24) is 10.6 Å². The van der Waals surface area contributed by atoms with Crippen LogP contribution in [0.25, 0.3) is 0 Å². The molecule has 1 saturated heterocycles. The van der Waals surface area contributed by atoms with Crippen LogP contribution in [0.4, 0.5) is 0 Å². The van der Waals surface area contributed by atoms with E-state index in [0.717, 1.165) is 32.2 Å². The number of carbonyl (C=O) groups is 2. The number of hydrogen-bond donors (Lipinski definition) is 3. The molecule has 0 aliphatic carbocycles. The number of piperidine rings is 1. The highest BCUT2D eigenvalue weighted by Gasteiger charge is 2.22. The lowest BCUT2D eigenvalue weighted by Gasteiger charge is -2.23. The molecule has 5 nitrogen and oxygen atoms in total. The van der Waals surface area contributed by atoms with E-state index in [0.29, 0.717) is 6.42 Å². The van der Waals surface area contributed by atoms with Crippen molar-refractivity contribution in [1.29, 1.82) is 0 Å². The van der Waals surface area contributed by atoms with Gasteiger partial charge in [0.15, 0.2) is 0 Å². The molecule has 5 heteroatoms. The Morgan fingerprint density at radius 2 is 2.24 bits per heavy atom. The van der Waals surface area contributed by atoms with Gasteiger partial charge in [0.05, 0.1) is 12.0 Å². The van der Waals surface area contributed by atoms with Crippen LogP contribution in [0.5, 0.6) is 0 Å². The number of amides is 1. The molecule has 0 aromatic carbocycles. The van der Waals surface area contributed by atoms with Crippen LogP contribution in [0.15, 0.2) is 0 Å². The molecule has 1 aliphatic rings. The molecular formula is C12H22N2O3. The molecule has 3 N–H and O–H groups in total. The van der Waals surface area contributed by atoms with Gasteiger partial charge in [-0.15, -0.1) is 0 Å². The molecule has 17 heavy (non-hydrogen) atoms. The SMILES string of the molecule is CCCC(CNC(=O)[C@@H]1CCCCN1)C(=O)O. The van der Waals surface area contributed by atoms with Gasteiger partial charge in [-0.3, -0.25) is 9.59 Å². The molecule has 1 heterocycles. The largest absolute Gasteiger partial charge is 0.481 e. The van der Waals surface area contributed by atoms with Crippen LogP contribution < -0.4 is 10.6 Å². The summed E-state index contributed by atoms with van der Waals surface area (Å²) in [7, 11) is 0. The van der Waals surface area contributed by atoms with Gasteiger partial charge in [-0.05, 0) is 25.8 Å². The first-order valence-corrected chi connectivity index (χ1v) is 6.39. The van der Waals surface area contributed by atoms with Gasteiger partial charge in [-0.25, -0.2) is 0 Å². The van der Waals surface area contributed by atoms with Gasteiger partial charge >= 0.3 is 5.97 Å². The highest BCUT2D eigenvalue weighted by atomic mass is 16.4. The fraction of sp³-hybridized carbons (Fsp3) is 0.833. The molecule has 0 radical (unpaired) electrons. The Morgan fingerprint density at radius 1 is 1.47 bits per heavy atom. The summed E-state index contributed by atoms with van der Waals surface area (Å²) in [6.07, 6.45) is 4.43. The Bertz CT molecular complexity index is 262. The lowest BCUT2D eigenvalue weighted by Crippen LogP contribution is -2.48. The van der Waals surface area contributed by atoms with Crippen LogP contribution in [-0.2, 0) is 9.59 Å². The zero-order valence-electron chi connectivity index (χ0n) is 10.4. The smallest absolute Gasteiger partial charge is 0.308 e. The molecule has 0 spiro atoms. The van der Waals surface area contributed by atoms with E-state index >= 15 is 0 Å². The number of rotatable bonds is 6. The Hall–Kier alpha value is -1.10. The van der Waals surface area contributed by atoms with Gasteiger partial charge in [-0.1, -0.05) is 19.8 Å². The quantitative estimate of drug-likeness (QED) is 0.642. The van der Waals surface area contributed by atoms with Crippen LogP contribution in [0.1, 0.15) is 39.0 Å². The molecule has 1 unspecified atom stereocenters. The summed E-state index contributed by atoms with van der Waals surface area (Å²) in [4.78, 5) is 22.7. The van der Waals surface area contributed by atoms with Crippen LogP contribution in [-0.4, -0.2) is 36.1 Å². The summed E-state index contributed by atoms with van der Waals surface area (Å²) >= 11 is 0. The predicted octanol–water partition coefficient (Wildman–Crippen LogP) is 0.746. The summed E-state index contributed by atoms with van der Waals surface area (Å²) < 4.78 is 0. The second kappa shape index (κ2) is 7.27. The molecule has 0 bridgehead atoms. The Morgan fingerprint density at radius 3 is 2.76 bits per heavy atom. The zero-order valence-corrected chi connectivity index (χ0v) is 10.4. The number of aliphatic carboxylic acids is 1. The summed E-state index contributed by atoms with van der Waals surface area (Å²) in [5, 5.41) is 14.8. The number of nitrogens with one attached hydrogen (secondary N) is 2. The van der Waals surface area contributed by atoms with E-state index in [9.17, 15) is 9.59 Å². The molecule has 2 atom stereocenters. The third-order valence-electron chi connectivity index (χ3n) is 3.14. The topological polar surface area (TPSA) is 78.4 Å². The van der Waals surface area contributed by atoms with Crippen molar-refractivity contribution in [3.05, 3.63) is 0 Å². The molecule has 98 valence electrons. The average Bonchev–Trinajstić information content (AvgIpc) is 2.34. The number of carboxylic acid groups (broad SMARTS) is 1. The highest BCUT2D eigenvalue weighted by Crippen LogP contribution is 2.08. The lowest BCUT2D eigenvalue weighted by molar-refractivity contribution is -0.142. The molecule has 1 fully saturated rings. The predicted molar refractivity (Wildman–Crippen MR) is 64.7 cm³/mol. The van der Waals surface area contributed by atoms with Crippen molar-refractivity contribution < 1.29 is 14.7 Å². The zero-order chi connectivity index (χ0) is 12.7. The van der Waals surface area contributed by atoms with Gasteiger partial charge in [-0.2, -0.15) is 0 Å². The summed E-state index contributed by atoms with van der Waals surface area (Å²) in [6, 6.07) is -0.139. The van der Waals surface area contributed by atoms with Crippen molar-refractivity contribution in [2.75, 3.05) is 13.1 Å². The first-order chi connectivity index (χ1) is 8.15. The minimum absolute atomic E-state index is 0.0629. The maximum absolute atomic E-state index is 11.8. The van der Waals surface area contributed by atoms with Crippen molar-refractivity contribution in [2.24, 2.45) is 5.92 Å². The van der Waals surface area contributed by atoms with E-state index in [1.807, 2.05) is 6.92 Å². The minimum Gasteiger partial charge on any atom is -0.481 e. The first kappa shape index (κ1) is 14.0. The monoisotopic (exact) mass is 242 g/mol. The summed E-state index contributed by atoms with van der Waals surface area (Å²) in [5.41, 5.74) is 0. The maximum Gasteiger partial charge on any atom is 0.308 e. The van der Waals surface area contributed by atoms with E-state index in [2.05, 4.69) is 10.6 Å². The summed E-state index contributed by atoms with van der Waals surface area (Å²) in [6.45, 7) is 3.05. The van der Waals surface area contributed by atoms with E-state index in [4.69, 9.17) is 5.11 Å². The normalized spacial score (nSPS) is 21.8. The molecule has 0 saturated carbocycles. The second-order valence-electron chi connectivity index (χ2n) is 4.57. The third-order valence-corrected chi connectivity index (χ3v) is 3.14. The van der Waals surface area contributed by atoms with E-state index in [1.54, 1.807) is 0 Å². The van der Waals surface area contributed by atoms with Crippen molar-refractivity contribution >= 4 is 11.9 Å². The number of carboxylic acids is 1. The van der Waals surface area contributed by atoms with Gasteiger partial charge in [0.25, 0.3) is 0 Å². The van der Waals surface area contributed by atoms with Crippen LogP contribution in [0.2, 0.25) is 0 Å². The number of carbonyl (C=O) groups excluding carboxylic acids is 1. The van der Waals surface area contributed by atoms with Crippen molar-refractivity contribution in [3.63, 3.8) is 0 Å². The van der Waals surface area contributed by atoms with Gasteiger partial charge in [0.2, 0.25) is 5.91 Å². The second-order valence-corrected chi connectivity index (χ2v) is 4.57. The van der Waals surface area contributed by atoms with Crippen molar-refractivity contribution in [2.45, 2.75) is 45.1 Å². The average molecular weight is 242 g/mol. The fourth-order valence-electron chi connectivity index (χ4n) is 2.08. The maximum atomic E-state index is 11.8. The Labute approximate surface area is 102 Å². The van der Waals surface area contributed by atoms with E-state index < -0.39 is 11.9 Å². The van der Waals surface area contributed by atoms with Gasteiger partial charge < -0.3 is 15.7 Å². The first-order valence-electron chi connectivity index (χ1n) is 6.39. The van der Waals surface area contributed by atoms with Gasteiger partial charge in [0.1, 0.15) is 0 Å². The van der Waals surface area contributed by atoms with E-state index in [-0.39, 0.29) is 18.5 Å². The summed E-state index contributed by atoms with van der Waals surface area (Å²) in [5.74, 6) is -1.36. The molecule has 0 aromatic rings. The van der Waals surface area contributed by atoms with E-state index in [1.165, 1.54) is 0 Å². The molecule has 0 aromatic heterocycles.